The lowest BCUT2D eigenvalue weighted by Crippen LogP contribution is -2.55. The Morgan fingerprint density at radius 2 is 1.88 bits per heavy atom. The highest BCUT2D eigenvalue weighted by atomic mass is 32.2. The smallest absolute Gasteiger partial charge is 0.317 e. The van der Waals surface area contributed by atoms with Crippen LogP contribution in [0, 0.1) is 11.6 Å². The second-order valence-electron chi connectivity index (χ2n) is 8.84. The summed E-state index contributed by atoms with van der Waals surface area (Å²) in [6.45, 7) is 1.00. The van der Waals surface area contributed by atoms with E-state index in [0.717, 1.165) is 6.26 Å². The molecule has 176 valence electrons. The molecule has 7 nitrogen and oxygen atoms in total. The van der Waals surface area contributed by atoms with E-state index in [0.29, 0.717) is 42.7 Å². The average molecular weight is 478 g/mol. The molecule has 2 aromatic rings. The van der Waals surface area contributed by atoms with Gasteiger partial charge in [-0.1, -0.05) is 12.1 Å². The van der Waals surface area contributed by atoms with Gasteiger partial charge in [0.15, 0.2) is 15.6 Å². The van der Waals surface area contributed by atoms with E-state index in [4.69, 9.17) is 0 Å². The number of piperidine rings is 1. The molecule has 0 bridgehead atoms. The molecule has 0 atom stereocenters. The van der Waals surface area contributed by atoms with Crippen LogP contribution in [-0.4, -0.2) is 50.0 Å². The third-order valence-corrected chi connectivity index (χ3v) is 7.00. The van der Waals surface area contributed by atoms with Gasteiger partial charge in [0.05, 0.1) is 5.75 Å². The molecule has 2 aliphatic rings. The topological polar surface area (TPSA) is 95.6 Å². The number of halogens is 2. The molecule has 1 saturated heterocycles. The maximum atomic E-state index is 13.9. The van der Waals surface area contributed by atoms with Crippen molar-refractivity contribution < 1.29 is 26.8 Å². The van der Waals surface area contributed by atoms with E-state index in [1.165, 1.54) is 30.3 Å². The van der Waals surface area contributed by atoms with Crippen molar-refractivity contribution in [3.63, 3.8) is 0 Å². The van der Waals surface area contributed by atoms with Gasteiger partial charge in [-0.2, -0.15) is 0 Å². The monoisotopic (exact) mass is 477 g/mol. The van der Waals surface area contributed by atoms with Gasteiger partial charge in [0, 0.05) is 54.7 Å². The summed E-state index contributed by atoms with van der Waals surface area (Å²) in [6, 6.07) is 7.99. The number of amides is 2. The number of hydrogen-bond acceptors (Lipinski definition) is 5. The zero-order valence-corrected chi connectivity index (χ0v) is 19.0. The fraction of sp³-hybridized carbons (Fsp3) is 0.391. The van der Waals surface area contributed by atoms with Gasteiger partial charge in [0.1, 0.15) is 11.6 Å². The first-order valence-electron chi connectivity index (χ1n) is 10.6. The van der Waals surface area contributed by atoms with Crippen molar-refractivity contribution in [2.75, 3.05) is 24.7 Å². The molecule has 2 aromatic carbocycles. The average Bonchev–Trinajstić information content (AvgIpc) is 2.74. The van der Waals surface area contributed by atoms with E-state index in [9.17, 15) is 26.8 Å². The highest BCUT2D eigenvalue weighted by Gasteiger charge is 2.41. The second-order valence-corrected chi connectivity index (χ2v) is 11.0. The summed E-state index contributed by atoms with van der Waals surface area (Å²) in [5.41, 5.74) is 1.18. The Kier molecular flexibility index (Phi) is 6.13. The molecular formula is C23H25F2N3O4S. The van der Waals surface area contributed by atoms with Crippen LogP contribution in [0.2, 0.25) is 0 Å². The van der Waals surface area contributed by atoms with Crippen LogP contribution in [0.4, 0.5) is 19.3 Å². The fourth-order valence-corrected chi connectivity index (χ4v) is 5.23. The van der Waals surface area contributed by atoms with Crippen LogP contribution in [0.1, 0.15) is 40.7 Å². The number of ketones is 1. The van der Waals surface area contributed by atoms with E-state index < -0.39 is 32.8 Å². The van der Waals surface area contributed by atoms with Crippen molar-refractivity contribution in [1.29, 1.82) is 0 Å². The predicted octanol–water partition coefficient (Wildman–Crippen LogP) is 3.25. The van der Waals surface area contributed by atoms with Gasteiger partial charge >= 0.3 is 6.03 Å². The number of nitrogens with one attached hydrogen (secondary N) is 2. The van der Waals surface area contributed by atoms with Crippen molar-refractivity contribution in [1.82, 2.24) is 10.2 Å². The zero-order valence-electron chi connectivity index (χ0n) is 18.2. The fourth-order valence-electron chi connectivity index (χ4n) is 4.45. The van der Waals surface area contributed by atoms with Crippen molar-refractivity contribution in [3.05, 3.63) is 64.7 Å². The lowest BCUT2D eigenvalue weighted by molar-refractivity contribution is 0.0915. The Morgan fingerprint density at radius 1 is 1.15 bits per heavy atom. The minimum atomic E-state index is -3.39. The van der Waals surface area contributed by atoms with E-state index in [1.807, 2.05) is 0 Å². The molecule has 0 aromatic heterocycles. The number of rotatable bonds is 4. The van der Waals surface area contributed by atoms with Crippen LogP contribution in [0.3, 0.4) is 0 Å². The van der Waals surface area contributed by atoms with E-state index in [2.05, 4.69) is 10.6 Å². The SMILES string of the molecule is CS(=O)(=O)Cc1cc(CNC(=O)N2CCC3(CC2)CC(=O)c2cc(F)ccc2N3)ccc1F. The number of nitrogens with zero attached hydrogens (tertiary/aromatic N) is 1. The van der Waals surface area contributed by atoms with Gasteiger partial charge < -0.3 is 15.5 Å². The summed E-state index contributed by atoms with van der Waals surface area (Å²) in [6.07, 6.45) is 2.42. The highest BCUT2D eigenvalue weighted by Crippen LogP contribution is 2.37. The first kappa shape index (κ1) is 23.2. The molecule has 33 heavy (non-hydrogen) atoms. The molecule has 1 spiro atoms. The van der Waals surface area contributed by atoms with Crippen LogP contribution >= 0.6 is 0 Å². The molecule has 0 unspecified atom stereocenters. The molecule has 2 heterocycles. The van der Waals surface area contributed by atoms with E-state index in [1.54, 1.807) is 11.0 Å². The van der Waals surface area contributed by atoms with Gasteiger partial charge in [0.2, 0.25) is 0 Å². The number of carbonyl (C=O) groups is 2. The normalized spacial score (nSPS) is 17.4. The number of hydrogen-bond donors (Lipinski definition) is 2. The minimum absolute atomic E-state index is 0.0670. The molecule has 2 aliphatic heterocycles. The number of sulfone groups is 1. The van der Waals surface area contributed by atoms with Crippen LogP contribution in [0.5, 0.6) is 0 Å². The lowest BCUT2D eigenvalue weighted by atomic mass is 9.78. The van der Waals surface area contributed by atoms with E-state index in [-0.39, 0.29) is 30.3 Å². The molecule has 1 fully saturated rings. The molecule has 2 amide bonds. The third kappa shape index (κ3) is 5.32. The second kappa shape index (κ2) is 8.74. The maximum absolute atomic E-state index is 13.9. The van der Waals surface area contributed by atoms with Crippen molar-refractivity contribution in [2.24, 2.45) is 0 Å². The van der Waals surface area contributed by atoms with Crippen molar-refractivity contribution in [2.45, 2.75) is 37.1 Å². The van der Waals surface area contributed by atoms with Gasteiger partial charge in [-0.05, 0) is 42.7 Å². The lowest BCUT2D eigenvalue weighted by Gasteiger charge is -2.45. The first-order chi connectivity index (χ1) is 15.5. The molecule has 0 saturated carbocycles. The molecule has 4 rings (SSSR count). The largest absolute Gasteiger partial charge is 0.378 e. The van der Waals surface area contributed by atoms with Gasteiger partial charge in [0.25, 0.3) is 0 Å². The maximum Gasteiger partial charge on any atom is 0.317 e. The summed E-state index contributed by atoms with van der Waals surface area (Å²) < 4.78 is 50.3. The number of likely N-dealkylation sites (tertiary alicyclic amines) is 1. The molecular weight excluding hydrogens is 452 g/mol. The summed E-state index contributed by atoms with van der Waals surface area (Å²) in [5, 5.41) is 6.17. The van der Waals surface area contributed by atoms with Gasteiger partial charge in [-0.25, -0.2) is 22.0 Å². The molecule has 0 radical (unpaired) electrons. The van der Waals surface area contributed by atoms with Crippen molar-refractivity contribution in [3.8, 4) is 0 Å². The van der Waals surface area contributed by atoms with Crippen molar-refractivity contribution >= 4 is 27.3 Å². The number of anilines is 1. The quantitative estimate of drug-likeness (QED) is 0.705. The van der Waals surface area contributed by atoms with Crippen LogP contribution in [-0.2, 0) is 22.1 Å². The molecule has 2 N–H and O–H groups in total. The van der Waals surface area contributed by atoms with Gasteiger partial charge in [-0.15, -0.1) is 0 Å². The Morgan fingerprint density at radius 3 is 2.58 bits per heavy atom. The highest BCUT2D eigenvalue weighted by molar-refractivity contribution is 7.89. The number of fused-ring (bicyclic) bond motifs is 1. The summed E-state index contributed by atoms with van der Waals surface area (Å²) in [7, 11) is -3.39. The third-order valence-electron chi connectivity index (χ3n) is 6.16. The Hall–Kier alpha value is -3.01. The zero-order chi connectivity index (χ0) is 23.8. The number of urea groups is 1. The Labute approximate surface area is 191 Å². The van der Waals surface area contributed by atoms with Crippen LogP contribution in [0.25, 0.3) is 0 Å². The summed E-state index contributed by atoms with van der Waals surface area (Å²) >= 11 is 0. The number of benzene rings is 2. The summed E-state index contributed by atoms with van der Waals surface area (Å²) in [5.74, 6) is -1.56. The first-order valence-corrected chi connectivity index (χ1v) is 12.7. The Bertz CT molecular complexity index is 1210. The molecule has 0 aliphatic carbocycles. The van der Waals surface area contributed by atoms with Crippen LogP contribution < -0.4 is 10.6 Å². The van der Waals surface area contributed by atoms with E-state index >= 15 is 0 Å². The standard InChI is InChI=1S/C23H25F2N3O4S/c1-33(31,32)14-16-10-15(2-4-19(16)25)13-26-22(30)28-8-6-23(7-9-28)12-21(29)18-11-17(24)3-5-20(18)27-23/h2-5,10-11,27H,6-9,12-14H2,1H3,(H,26,30). The van der Waals surface area contributed by atoms with Gasteiger partial charge in [-0.3, -0.25) is 4.79 Å². The Balaban J connectivity index is 1.34. The predicted molar refractivity (Wildman–Crippen MR) is 120 cm³/mol. The number of Topliss-reactive ketones (excluding diaryl/α,β-unsaturated/α-hetero) is 1. The summed E-state index contributed by atoms with van der Waals surface area (Å²) in [4.78, 5) is 26.9. The molecule has 10 heteroatoms. The minimum Gasteiger partial charge on any atom is -0.378 e. The van der Waals surface area contributed by atoms with Crippen LogP contribution in [0.15, 0.2) is 36.4 Å². The number of carbonyl (C=O) groups excluding carboxylic acids is 2.